The molecule has 8 nitrogen and oxygen atoms in total. The van der Waals surface area contributed by atoms with E-state index in [2.05, 4.69) is 22.4 Å². The number of rotatable bonds is 5. The molecule has 0 saturated heterocycles. The molecule has 158 valence electrons. The van der Waals surface area contributed by atoms with Gasteiger partial charge in [0.05, 0.1) is 16.2 Å². The summed E-state index contributed by atoms with van der Waals surface area (Å²) in [6.45, 7) is 3.98. The third-order valence-corrected chi connectivity index (χ3v) is 5.54. The van der Waals surface area contributed by atoms with E-state index in [4.69, 9.17) is 4.42 Å². The van der Waals surface area contributed by atoms with Crippen molar-refractivity contribution in [2.24, 2.45) is 0 Å². The number of thiazole rings is 1. The SMILES string of the molecule is Cc1cc(C)cc(N/C=C(\C#N)c2nc(-c3cc4cc([N+](=O)[O-])ccc4oc3=O)cs2)c1. The highest BCUT2D eigenvalue weighted by Crippen LogP contribution is 2.28. The van der Waals surface area contributed by atoms with Crippen LogP contribution in [0.4, 0.5) is 11.4 Å². The van der Waals surface area contributed by atoms with Gasteiger partial charge in [-0.3, -0.25) is 10.1 Å². The Hall–Kier alpha value is -4.29. The van der Waals surface area contributed by atoms with Crippen molar-refractivity contribution in [2.75, 3.05) is 5.32 Å². The molecule has 0 radical (unpaired) electrons. The fourth-order valence-electron chi connectivity index (χ4n) is 3.28. The topological polar surface area (TPSA) is 122 Å². The average Bonchev–Trinajstić information content (AvgIpc) is 3.22. The summed E-state index contributed by atoms with van der Waals surface area (Å²) in [6, 6.07) is 13.6. The number of allylic oxidation sites excluding steroid dienone is 1. The molecule has 0 bridgehead atoms. The fourth-order valence-corrected chi connectivity index (χ4v) is 4.06. The summed E-state index contributed by atoms with van der Waals surface area (Å²) < 4.78 is 5.30. The highest BCUT2D eigenvalue weighted by molar-refractivity contribution is 7.11. The summed E-state index contributed by atoms with van der Waals surface area (Å²) in [7, 11) is 0. The predicted molar refractivity (Wildman–Crippen MR) is 123 cm³/mol. The molecule has 0 amide bonds. The number of benzene rings is 2. The maximum absolute atomic E-state index is 12.4. The minimum atomic E-state index is -0.612. The van der Waals surface area contributed by atoms with E-state index in [1.165, 1.54) is 35.6 Å². The van der Waals surface area contributed by atoms with Crippen LogP contribution in [0.3, 0.4) is 0 Å². The number of nitro benzene ring substituents is 1. The van der Waals surface area contributed by atoms with Crippen molar-refractivity contribution in [2.45, 2.75) is 13.8 Å². The van der Waals surface area contributed by atoms with Gasteiger partial charge in [-0.15, -0.1) is 11.3 Å². The first-order valence-corrected chi connectivity index (χ1v) is 10.4. The van der Waals surface area contributed by atoms with Crippen LogP contribution in [0.1, 0.15) is 16.1 Å². The zero-order valence-electron chi connectivity index (χ0n) is 17.1. The van der Waals surface area contributed by atoms with Crippen LogP contribution in [0, 0.1) is 35.3 Å². The molecular formula is C23H16N4O4S. The summed E-state index contributed by atoms with van der Waals surface area (Å²) in [5.74, 6) is 0. The van der Waals surface area contributed by atoms with Crippen LogP contribution < -0.4 is 10.9 Å². The maximum Gasteiger partial charge on any atom is 0.345 e. The highest BCUT2D eigenvalue weighted by atomic mass is 32.1. The van der Waals surface area contributed by atoms with Crippen LogP contribution in [-0.2, 0) is 0 Å². The molecule has 32 heavy (non-hydrogen) atoms. The Morgan fingerprint density at radius 3 is 2.66 bits per heavy atom. The number of anilines is 1. The number of nitrogens with zero attached hydrogens (tertiary/aromatic N) is 3. The van der Waals surface area contributed by atoms with Crippen LogP contribution in [0.2, 0.25) is 0 Å². The van der Waals surface area contributed by atoms with Gasteiger partial charge in [0.2, 0.25) is 0 Å². The van der Waals surface area contributed by atoms with Crippen LogP contribution in [0.25, 0.3) is 27.8 Å². The van der Waals surface area contributed by atoms with E-state index in [-0.39, 0.29) is 16.8 Å². The quantitative estimate of drug-likeness (QED) is 0.189. The van der Waals surface area contributed by atoms with Gasteiger partial charge in [-0.2, -0.15) is 5.26 Å². The molecule has 0 aliphatic carbocycles. The van der Waals surface area contributed by atoms with Gasteiger partial charge in [0.1, 0.15) is 22.2 Å². The van der Waals surface area contributed by atoms with Crippen molar-refractivity contribution in [1.29, 1.82) is 5.26 Å². The van der Waals surface area contributed by atoms with Crippen molar-refractivity contribution >= 4 is 39.3 Å². The molecule has 9 heteroatoms. The number of non-ortho nitro benzene ring substituents is 1. The minimum Gasteiger partial charge on any atom is -0.422 e. The first-order valence-electron chi connectivity index (χ1n) is 9.48. The Bertz CT molecular complexity index is 1470. The van der Waals surface area contributed by atoms with Gasteiger partial charge < -0.3 is 9.73 Å². The second kappa shape index (κ2) is 8.45. The molecule has 0 spiro atoms. The Kier molecular flexibility index (Phi) is 5.54. The molecule has 0 aliphatic rings. The second-order valence-corrected chi connectivity index (χ2v) is 8.01. The van der Waals surface area contributed by atoms with Crippen LogP contribution in [0.5, 0.6) is 0 Å². The molecule has 2 heterocycles. The Labute approximate surface area is 186 Å². The summed E-state index contributed by atoms with van der Waals surface area (Å²) in [6.07, 6.45) is 1.57. The third-order valence-electron chi connectivity index (χ3n) is 4.66. The molecular weight excluding hydrogens is 428 g/mol. The van der Waals surface area contributed by atoms with Crippen molar-refractivity contribution in [3.05, 3.63) is 90.7 Å². The summed E-state index contributed by atoms with van der Waals surface area (Å²) in [5.41, 5.74) is 3.38. The van der Waals surface area contributed by atoms with Crippen molar-refractivity contribution in [3.63, 3.8) is 0 Å². The zero-order chi connectivity index (χ0) is 22.8. The fraction of sp³-hybridized carbons (Fsp3) is 0.0870. The van der Waals surface area contributed by atoms with Gasteiger partial charge in [0.15, 0.2) is 0 Å². The predicted octanol–water partition coefficient (Wildman–Crippen LogP) is 5.42. The normalized spacial score (nSPS) is 11.3. The van der Waals surface area contributed by atoms with E-state index in [9.17, 15) is 20.2 Å². The number of aryl methyl sites for hydroxylation is 2. The molecule has 0 aliphatic heterocycles. The lowest BCUT2D eigenvalue weighted by Gasteiger charge is -2.05. The van der Waals surface area contributed by atoms with E-state index in [0.29, 0.717) is 21.7 Å². The standard InChI is InChI=1S/C23H16N4O4S/c1-13-5-14(2)7-17(6-13)25-11-16(10-24)22-26-20(12-32-22)19-9-15-8-18(27(29)30)3-4-21(15)31-23(19)28/h3-9,11-12,25H,1-2H3/b16-11+. The van der Waals surface area contributed by atoms with E-state index >= 15 is 0 Å². The molecule has 0 unspecified atom stereocenters. The Morgan fingerprint density at radius 1 is 1.22 bits per heavy atom. The largest absolute Gasteiger partial charge is 0.422 e. The van der Waals surface area contributed by atoms with E-state index in [0.717, 1.165) is 16.8 Å². The molecule has 0 saturated carbocycles. The van der Waals surface area contributed by atoms with Gasteiger partial charge in [-0.05, 0) is 49.2 Å². The van der Waals surface area contributed by atoms with Crippen molar-refractivity contribution in [3.8, 4) is 17.3 Å². The maximum atomic E-state index is 12.4. The number of hydrogen-bond acceptors (Lipinski definition) is 8. The van der Waals surface area contributed by atoms with Crippen molar-refractivity contribution in [1.82, 2.24) is 4.98 Å². The van der Waals surface area contributed by atoms with E-state index in [1.54, 1.807) is 11.6 Å². The molecule has 4 aromatic rings. The smallest absolute Gasteiger partial charge is 0.345 e. The van der Waals surface area contributed by atoms with Crippen LogP contribution >= 0.6 is 11.3 Å². The summed E-state index contributed by atoms with van der Waals surface area (Å²) >= 11 is 1.21. The Morgan fingerprint density at radius 2 is 1.97 bits per heavy atom. The molecule has 1 N–H and O–H groups in total. The van der Waals surface area contributed by atoms with Gasteiger partial charge >= 0.3 is 5.63 Å². The average molecular weight is 444 g/mol. The first-order chi connectivity index (χ1) is 15.3. The van der Waals surface area contributed by atoms with Crippen LogP contribution in [-0.4, -0.2) is 9.91 Å². The molecule has 2 aromatic heterocycles. The third kappa shape index (κ3) is 4.26. The minimum absolute atomic E-state index is 0.108. The summed E-state index contributed by atoms with van der Waals surface area (Å²) in [5, 5.41) is 26.2. The summed E-state index contributed by atoms with van der Waals surface area (Å²) in [4.78, 5) is 27.4. The van der Waals surface area contributed by atoms with Gasteiger partial charge in [0.25, 0.3) is 5.69 Å². The van der Waals surface area contributed by atoms with Gasteiger partial charge in [0, 0.05) is 34.8 Å². The number of nitriles is 1. The number of aromatic nitrogens is 1. The molecule has 4 rings (SSSR count). The molecule has 0 atom stereocenters. The van der Waals surface area contributed by atoms with E-state index in [1.807, 2.05) is 26.0 Å². The van der Waals surface area contributed by atoms with Gasteiger partial charge in [-0.1, -0.05) is 6.07 Å². The number of nitro groups is 1. The van der Waals surface area contributed by atoms with E-state index < -0.39 is 10.5 Å². The highest BCUT2D eigenvalue weighted by Gasteiger charge is 2.15. The Balaban J connectivity index is 1.68. The lowest BCUT2D eigenvalue weighted by Crippen LogP contribution is -2.03. The second-order valence-electron chi connectivity index (χ2n) is 7.16. The monoisotopic (exact) mass is 444 g/mol. The van der Waals surface area contributed by atoms with Crippen molar-refractivity contribution < 1.29 is 9.34 Å². The number of hydrogen-bond donors (Lipinski definition) is 1. The molecule has 2 aromatic carbocycles. The van der Waals surface area contributed by atoms with Crippen LogP contribution in [0.15, 0.2) is 63.3 Å². The zero-order valence-corrected chi connectivity index (χ0v) is 17.9. The lowest BCUT2D eigenvalue weighted by atomic mass is 10.1. The van der Waals surface area contributed by atoms with Gasteiger partial charge in [-0.25, -0.2) is 9.78 Å². The first kappa shape index (κ1) is 21.0. The lowest BCUT2D eigenvalue weighted by molar-refractivity contribution is -0.384. The number of fused-ring (bicyclic) bond motifs is 1. The number of nitrogens with one attached hydrogen (secondary N) is 1. The molecule has 0 fully saturated rings.